The summed E-state index contributed by atoms with van der Waals surface area (Å²) in [4.78, 5) is 16.3. The highest BCUT2D eigenvalue weighted by Crippen LogP contribution is 2.47. The Labute approximate surface area is 130 Å². The fraction of sp³-hybridized carbons (Fsp3) is 0.333. The number of carbonyl (C=O) groups is 1. The van der Waals surface area contributed by atoms with Crippen LogP contribution in [0.3, 0.4) is 0 Å². The van der Waals surface area contributed by atoms with Crippen LogP contribution in [0.2, 0.25) is 0 Å². The molecule has 1 heterocycles. The predicted molar refractivity (Wildman–Crippen MR) is 89.6 cm³/mol. The Bertz CT molecular complexity index is 624. The molecule has 0 saturated heterocycles. The van der Waals surface area contributed by atoms with E-state index in [0.29, 0.717) is 0 Å². The van der Waals surface area contributed by atoms with Gasteiger partial charge in [0, 0.05) is 5.75 Å². The van der Waals surface area contributed by atoms with Gasteiger partial charge in [-0.25, -0.2) is 0 Å². The van der Waals surface area contributed by atoms with Crippen molar-refractivity contribution in [1.29, 1.82) is 0 Å². The van der Waals surface area contributed by atoms with Crippen LogP contribution >= 0.6 is 11.8 Å². The van der Waals surface area contributed by atoms with Crippen molar-refractivity contribution in [2.75, 3.05) is 0 Å². The number of thioether (sulfide) groups is 1. The molecule has 2 nitrogen and oxygen atoms in total. The maximum Gasteiger partial charge on any atom is 0.178 e. The van der Waals surface area contributed by atoms with E-state index in [1.807, 2.05) is 18.2 Å². The van der Waals surface area contributed by atoms with Gasteiger partial charge in [0.15, 0.2) is 5.78 Å². The van der Waals surface area contributed by atoms with E-state index >= 15 is 0 Å². The number of hydrogen-bond acceptors (Lipinski definition) is 3. The van der Waals surface area contributed by atoms with Gasteiger partial charge in [0.2, 0.25) is 0 Å². The molecule has 1 aliphatic heterocycles. The number of hydrogen-bond donors (Lipinski definition) is 0. The van der Waals surface area contributed by atoms with E-state index in [1.54, 1.807) is 23.9 Å². The second-order valence-corrected chi connectivity index (χ2v) is 7.25. The molecule has 21 heavy (non-hydrogen) atoms. The van der Waals surface area contributed by atoms with E-state index in [0.717, 1.165) is 17.2 Å². The van der Waals surface area contributed by atoms with Gasteiger partial charge in [-0.2, -0.15) is 0 Å². The van der Waals surface area contributed by atoms with Gasteiger partial charge in [0.05, 0.1) is 16.0 Å². The summed E-state index contributed by atoms with van der Waals surface area (Å²) < 4.78 is 0. The topological polar surface area (TPSA) is 29.4 Å². The molecule has 0 saturated carbocycles. The van der Waals surface area contributed by atoms with Crippen molar-refractivity contribution in [2.45, 2.75) is 31.6 Å². The molecule has 1 aromatic rings. The second kappa shape index (κ2) is 5.30. The first-order chi connectivity index (χ1) is 9.99. The highest BCUT2D eigenvalue weighted by atomic mass is 32.2. The highest BCUT2D eigenvalue weighted by molar-refractivity contribution is 8.13. The minimum atomic E-state index is -0.184. The van der Waals surface area contributed by atoms with Crippen molar-refractivity contribution in [3.8, 4) is 0 Å². The maximum atomic E-state index is 11.4. The molecule has 2 aliphatic rings. The molecule has 0 bridgehead atoms. The van der Waals surface area contributed by atoms with Crippen molar-refractivity contribution < 1.29 is 4.79 Å². The SMILES string of the molecule is CC1(C)CC2(C=CC(=O)C=C2)C(SCc2ccccc2)=N1. The quantitative estimate of drug-likeness (QED) is 0.819. The van der Waals surface area contributed by atoms with Gasteiger partial charge < -0.3 is 0 Å². The summed E-state index contributed by atoms with van der Waals surface area (Å²) in [6.07, 6.45) is 8.35. The molecule has 1 spiro atoms. The molecule has 3 heteroatoms. The number of ketones is 1. The lowest BCUT2D eigenvalue weighted by molar-refractivity contribution is -0.110. The molecule has 1 aromatic carbocycles. The molecule has 108 valence electrons. The number of benzene rings is 1. The molecule has 0 aromatic heterocycles. The summed E-state index contributed by atoms with van der Waals surface area (Å²) in [7, 11) is 0. The molecule has 0 N–H and O–H groups in total. The number of allylic oxidation sites excluding steroid dienone is 4. The summed E-state index contributed by atoms with van der Waals surface area (Å²) in [6, 6.07) is 10.4. The van der Waals surface area contributed by atoms with E-state index in [2.05, 4.69) is 38.1 Å². The molecule has 0 unspecified atom stereocenters. The Balaban J connectivity index is 1.82. The van der Waals surface area contributed by atoms with Crippen molar-refractivity contribution in [2.24, 2.45) is 10.4 Å². The lowest BCUT2D eigenvalue weighted by atomic mass is 9.78. The van der Waals surface area contributed by atoms with Crippen LogP contribution in [0, 0.1) is 5.41 Å². The summed E-state index contributed by atoms with van der Waals surface area (Å²) in [5.74, 6) is 0.977. The van der Waals surface area contributed by atoms with Gasteiger partial charge in [-0.05, 0) is 38.0 Å². The predicted octanol–water partition coefficient (Wildman–Crippen LogP) is 4.18. The Hall–Kier alpha value is -1.61. The Morgan fingerprint density at radius 2 is 1.81 bits per heavy atom. The van der Waals surface area contributed by atoms with Crippen LogP contribution in [0.15, 0.2) is 59.6 Å². The van der Waals surface area contributed by atoms with Gasteiger partial charge in [0.1, 0.15) is 0 Å². The molecule has 0 radical (unpaired) electrons. The summed E-state index contributed by atoms with van der Waals surface area (Å²) in [5, 5.41) is 1.12. The first kappa shape index (κ1) is 14.3. The summed E-state index contributed by atoms with van der Waals surface area (Å²) >= 11 is 1.78. The van der Waals surface area contributed by atoms with Gasteiger partial charge in [0.25, 0.3) is 0 Å². The van der Waals surface area contributed by atoms with E-state index in [-0.39, 0.29) is 16.7 Å². The lowest BCUT2D eigenvalue weighted by Gasteiger charge is -2.27. The fourth-order valence-electron chi connectivity index (χ4n) is 2.94. The Morgan fingerprint density at radius 3 is 2.48 bits per heavy atom. The second-order valence-electron chi connectivity index (χ2n) is 6.29. The maximum absolute atomic E-state index is 11.4. The van der Waals surface area contributed by atoms with Crippen LogP contribution in [0.4, 0.5) is 0 Å². The van der Waals surface area contributed by atoms with E-state index < -0.39 is 0 Å². The molecular formula is C18H19NOS. The molecule has 0 fully saturated rings. The van der Waals surface area contributed by atoms with Crippen LogP contribution in [-0.2, 0) is 10.5 Å². The minimum absolute atomic E-state index is 0.0674. The van der Waals surface area contributed by atoms with Crippen LogP contribution in [0.25, 0.3) is 0 Å². The van der Waals surface area contributed by atoms with Crippen LogP contribution < -0.4 is 0 Å². The van der Waals surface area contributed by atoms with Crippen molar-refractivity contribution in [1.82, 2.24) is 0 Å². The van der Waals surface area contributed by atoms with Gasteiger partial charge in [-0.1, -0.05) is 42.5 Å². The zero-order valence-electron chi connectivity index (χ0n) is 12.4. The normalized spacial score (nSPS) is 21.8. The van der Waals surface area contributed by atoms with E-state index in [1.165, 1.54) is 5.56 Å². The van der Waals surface area contributed by atoms with Crippen LogP contribution in [0.5, 0.6) is 0 Å². The molecular weight excluding hydrogens is 278 g/mol. The van der Waals surface area contributed by atoms with Crippen molar-refractivity contribution in [3.63, 3.8) is 0 Å². The number of rotatable bonds is 2. The zero-order valence-corrected chi connectivity index (χ0v) is 13.2. The minimum Gasteiger partial charge on any atom is -0.290 e. The van der Waals surface area contributed by atoms with Crippen LogP contribution in [-0.4, -0.2) is 16.4 Å². The first-order valence-electron chi connectivity index (χ1n) is 7.19. The number of carbonyl (C=O) groups excluding carboxylic acids is 1. The molecule has 0 amide bonds. The summed E-state index contributed by atoms with van der Waals surface area (Å²) in [6.45, 7) is 4.31. The third kappa shape index (κ3) is 3.03. The number of nitrogens with zero attached hydrogens (tertiary/aromatic N) is 1. The molecule has 3 rings (SSSR count). The Morgan fingerprint density at radius 1 is 1.14 bits per heavy atom. The van der Waals surface area contributed by atoms with E-state index in [9.17, 15) is 4.79 Å². The Kier molecular flexibility index (Phi) is 3.62. The standard InChI is InChI=1S/C18H19NOS/c1-17(2)13-18(10-8-15(20)9-11-18)16(19-17)21-12-14-6-4-3-5-7-14/h3-11H,12-13H2,1-2H3. The van der Waals surface area contributed by atoms with Gasteiger partial charge >= 0.3 is 0 Å². The lowest BCUT2D eigenvalue weighted by Crippen LogP contribution is -2.26. The van der Waals surface area contributed by atoms with Crippen molar-refractivity contribution in [3.05, 3.63) is 60.2 Å². The molecule has 1 aliphatic carbocycles. The fourth-order valence-corrected chi connectivity index (χ4v) is 4.22. The number of aliphatic imine (C=N–C) groups is 1. The molecule has 0 atom stereocenters. The van der Waals surface area contributed by atoms with Gasteiger partial charge in [-0.3, -0.25) is 9.79 Å². The van der Waals surface area contributed by atoms with Gasteiger partial charge in [-0.15, -0.1) is 11.8 Å². The zero-order chi connectivity index (χ0) is 14.9. The third-order valence-electron chi connectivity index (χ3n) is 3.84. The largest absolute Gasteiger partial charge is 0.290 e. The first-order valence-corrected chi connectivity index (χ1v) is 8.17. The average Bonchev–Trinajstić information content (AvgIpc) is 2.72. The smallest absolute Gasteiger partial charge is 0.178 e. The third-order valence-corrected chi connectivity index (χ3v) is 5.06. The monoisotopic (exact) mass is 297 g/mol. The summed E-state index contributed by atoms with van der Waals surface area (Å²) in [5.41, 5.74) is 1.04. The highest BCUT2D eigenvalue weighted by Gasteiger charge is 2.44. The van der Waals surface area contributed by atoms with Crippen molar-refractivity contribution >= 4 is 22.6 Å². The average molecular weight is 297 g/mol. The van der Waals surface area contributed by atoms with E-state index in [4.69, 9.17) is 4.99 Å². The van der Waals surface area contributed by atoms with Crippen LogP contribution in [0.1, 0.15) is 25.8 Å².